The Morgan fingerprint density at radius 2 is 2.00 bits per heavy atom. The number of ether oxygens (including phenoxy) is 1. The first-order valence-corrected chi connectivity index (χ1v) is 7.58. The highest BCUT2D eigenvalue weighted by Gasteiger charge is 2.38. The van der Waals surface area contributed by atoms with Gasteiger partial charge in [-0.2, -0.15) is 5.26 Å². The smallest absolute Gasteiger partial charge is 0.240 e. The maximum Gasteiger partial charge on any atom is 0.240 e. The standard InChI is InChI=1S/C15H24N2O2/c16-12-15(8-3-1-2-4-9-15)14(18)17-10-7-13-6-5-11-19-13/h13H,1-11H2,(H,17,18). The van der Waals surface area contributed by atoms with E-state index in [0.717, 1.165) is 64.4 Å². The van der Waals surface area contributed by atoms with Crippen molar-refractivity contribution in [3.05, 3.63) is 0 Å². The third-order valence-corrected chi connectivity index (χ3v) is 4.38. The van der Waals surface area contributed by atoms with Crippen LogP contribution in [0.25, 0.3) is 0 Å². The van der Waals surface area contributed by atoms with Gasteiger partial charge in [-0.25, -0.2) is 0 Å². The van der Waals surface area contributed by atoms with Crippen LogP contribution in [0.4, 0.5) is 0 Å². The Bertz CT molecular complexity index is 335. The van der Waals surface area contributed by atoms with Crippen molar-refractivity contribution in [1.29, 1.82) is 5.26 Å². The Balaban J connectivity index is 1.80. The predicted molar refractivity (Wildman–Crippen MR) is 72.3 cm³/mol. The SMILES string of the molecule is N#CC1(C(=O)NCCC2CCCO2)CCCCCC1. The molecule has 1 saturated heterocycles. The van der Waals surface area contributed by atoms with Crippen LogP contribution in [0.2, 0.25) is 0 Å². The average molecular weight is 264 g/mol. The lowest BCUT2D eigenvalue weighted by atomic mass is 9.81. The summed E-state index contributed by atoms with van der Waals surface area (Å²) in [6.07, 6.45) is 9.10. The van der Waals surface area contributed by atoms with Gasteiger partial charge in [-0.1, -0.05) is 25.7 Å². The van der Waals surface area contributed by atoms with Gasteiger partial charge < -0.3 is 10.1 Å². The molecule has 1 aliphatic heterocycles. The van der Waals surface area contributed by atoms with Gasteiger partial charge in [0.15, 0.2) is 0 Å². The lowest BCUT2D eigenvalue weighted by molar-refractivity contribution is -0.128. The van der Waals surface area contributed by atoms with Gasteiger partial charge in [0.05, 0.1) is 12.2 Å². The van der Waals surface area contributed by atoms with Crippen molar-refractivity contribution in [2.24, 2.45) is 5.41 Å². The van der Waals surface area contributed by atoms with Crippen LogP contribution in [0.5, 0.6) is 0 Å². The fourth-order valence-electron chi connectivity index (χ4n) is 3.11. The van der Waals surface area contributed by atoms with Crippen LogP contribution in [0.1, 0.15) is 57.8 Å². The Kier molecular flexibility index (Phi) is 5.21. The Hall–Kier alpha value is -1.08. The van der Waals surface area contributed by atoms with Crippen molar-refractivity contribution in [2.75, 3.05) is 13.2 Å². The zero-order valence-electron chi connectivity index (χ0n) is 11.6. The van der Waals surface area contributed by atoms with Crippen LogP contribution in [0.3, 0.4) is 0 Å². The summed E-state index contributed by atoms with van der Waals surface area (Å²) in [6, 6.07) is 2.29. The van der Waals surface area contributed by atoms with Crippen molar-refractivity contribution in [3.8, 4) is 6.07 Å². The lowest BCUT2D eigenvalue weighted by Gasteiger charge is -2.23. The molecule has 1 atom stereocenters. The van der Waals surface area contributed by atoms with Crippen molar-refractivity contribution in [1.82, 2.24) is 5.32 Å². The third kappa shape index (κ3) is 3.70. The van der Waals surface area contributed by atoms with Crippen LogP contribution in [-0.4, -0.2) is 25.2 Å². The minimum atomic E-state index is -0.771. The highest BCUT2D eigenvalue weighted by molar-refractivity contribution is 5.85. The van der Waals surface area contributed by atoms with Crippen LogP contribution < -0.4 is 5.32 Å². The number of nitrogens with zero attached hydrogens (tertiary/aromatic N) is 1. The number of rotatable bonds is 4. The number of nitrogens with one attached hydrogen (secondary N) is 1. The van der Waals surface area contributed by atoms with Crippen molar-refractivity contribution in [2.45, 2.75) is 63.9 Å². The van der Waals surface area contributed by atoms with Crippen LogP contribution in [0, 0.1) is 16.7 Å². The molecule has 1 saturated carbocycles. The van der Waals surface area contributed by atoms with Gasteiger partial charge in [-0.05, 0) is 32.1 Å². The number of nitriles is 1. The van der Waals surface area contributed by atoms with Crippen molar-refractivity contribution in [3.63, 3.8) is 0 Å². The topological polar surface area (TPSA) is 62.1 Å². The summed E-state index contributed by atoms with van der Waals surface area (Å²) < 4.78 is 5.54. The largest absolute Gasteiger partial charge is 0.378 e. The molecule has 0 bridgehead atoms. The number of amides is 1. The predicted octanol–water partition coefficient (Wildman–Crippen LogP) is 2.54. The molecule has 0 aromatic rings. The van der Waals surface area contributed by atoms with Crippen LogP contribution in [0.15, 0.2) is 0 Å². The van der Waals surface area contributed by atoms with E-state index < -0.39 is 5.41 Å². The molecule has 2 aliphatic rings. The Labute approximate surface area is 115 Å². The molecule has 0 aromatic carbocycles. The monoisotopic (exact) mass is 264 g/mol. The van der Waals surface area contributed by atoms with E-state index in [2.05, 4.69) is 11.4 Å². The molecule has 2 fully saturated rings. The van der Waals surface area contributed by atoms with Gasteiger partial charge in [0, 0.05) is 13.2 Å². The highest BCUT2D eigenvalue weighted by atomic mass is 16.5. The fraction of sp³-hybridized carbons (Fsp3) is 0.867. The molecule has 1 N–H and O–H groups in total. The van der Waals surface area contributed by atoms with Crippen LogP contribution in [-0.2, 0) is 9.53 Å². The van der Waals surface area contributed by atoms with Gasteiger partial charge in [0.2, 0.25) is 5.91 Å². The average Bonchev–Trinajstić information content (AvgIpc) is 2.82. The Morgan fingerprint density at radius 1 is 1.26 bits per heavy atom. The van der Waals surface area contributed by atoms with E-state index in [0.29, 0.717) is 12.6 Å². The number of hydrogen-bond acceptors (Lipinski definition) is 3. The summed E-state index contributed by atoms with van der Waals surface area (Å²) in [7, 11) is 0. The molecular weight excluding hydrogens is 240 g/mol. The van der Waals surface area contributed by atoms with E-state index in [4.69, 9.17) is 4.74 Å². The van der Waals surface area contributed by atoms with E-state index in [1.54, 1.807) is 0 Å². The van der Waals surface area contributed by atoms with Gasteiger partial charge >= 0.3 is 0 Å². The number of carbonyl (C=O) groups excluding carboxylic acids is 1. The first-order valence-electron chi connectivity index (χ1n) is 7.58. The zero-order valence-corrected chi connectivity index (χ0v) is 11.6. The first kappa shape index (κ1) is 14.3. The minimum Gasteiger partial charge on any atom is -0.378 e. The Morgan fingerprint density at radius 3 is 2.58 bits per heavy atom. The summed E-state index contributed by atoms with van der Waals surface area (Å²) in [5.74, 6) is -0.0603. The molecule has 0 aromatic heterocycles. The second-order valence-electron chi connectivity index (χ2n) is 5.79. The van der Waals surface area contributed by atoms with Gasteiger partial charge in [-0.15, -0.1) is 0 Å². The summed E-state index contributed by atoms with van der Waals surface area (Å²) >= 11 is 0. The van der Waals surface area contributed by atoms with Crippen LogP contribution >= 0.6 is 0 Å². The second-order valence-corrected chi connectivity index (χ2v) is 5.79. The van der Waals surface area contributed by atoms with E-state index in [-0.39, 0.29) is 5.91 Å². The van der Waals surface area contributed by atoms with Crippen molar-refractivity contribution < 1.29 is 9.53 Å². The minimum absolute atomic E-state index is 0.0603. The fourth-order valence-corrected chi connectivity index (χ4v) is 3.11. The lowest BCUT2D eigenvalue weighted by Crippen LogP contribution is -2.40. The normalized spacial score (nSPS) is 26.4. The quantitative estimate of drug-likeness (QED) is 0.794. The van der Waals surface area contributed by atoms with Crippen molar-refractivity contribution >= 4 is 5.91 Å². The highest BCUT2D eigenvalue weighted by Crippen LogP contribution is 2.34. The second kappa shape index (κ2) is 6.91. The molecule has 1 heterocycles. The molecule has 4 nitrogen and oxygen atoms in total. The zero-order chi connectivity index (χ0) is 13.6. The maximum atomic E-state index is 12.3. The van der Waals surface area contributed by atoms with Gasteiger partial charge in [0.25, 0.3) is 0 Å². The summed E-state index contributed by atoms with van der Waals surface area (Å²) in [5, 5.41) is 12.4. The number of hydrogen-bond donors (Lipinski definition) is 1. The molecule has 106 valence electrons. The molecule has 1 unspecified atom stereocenters. The molecular formula is C15H24N2O2. The van der Waals surface area contributed by atoms with E-state index in [9.17, 15) is 10.1 Å². The van der Waals surface area contributed by atoms with E-state index in [1.807, 2.05) is 0 Å². The maximum absolute atomic E-state index is 12.3. The molecule has 0 spiro atoms. The summed E-state index contributed by atoms with van der Waals surface area (Å²) in [6.45, 7) is 1.48. The summed E-state index contributed by atoms with van der Waals surface area (Å²) in [5.41, 5.74) is -0.771. The van der Waals surface area contributed by atoms with E-state index >= 15 is 0 Å². The first-order chi connectivity index (χ1) is 9.27. The molecule has 4 heteroatoms. The van der Waals surface area contributed by atoms with E-state index in [1.165, 1.54) is 0 Å². The third-order valence-electron chi connectivity index (χ3n) is 4.38. The molecule has 1 aliphatic carbocycles. The van der Waals surface area contributed by atoms with Gasteiger partial charge in [0.1, 0.15) is 5.41 Å². The molecule has 0 radical (unpaired) electrons. The molecule has 19 heavy (non-hydrogen) atoms. The van der Waals surface area contributed by atoms with Gasteiger partial charge in [-0.3, -0.25) is 4.79 Å². The summed E-state index contributed by atoms with van der Waals surface area (Å²) in [4.78, 5) is 12.3. The molecule has 2 rings (SSSR count). The number of carbonyl (C=O) groups is 1. The molecule has 1 amide bonds.